The zero-order valence-corrected chi connectivity index (χ0v) is 11.1. The first-order valence-electron chi connectivity index (χ1n) is 6.11. The van der Waals surface area contributed by atoms with E-state index < -0.39 is 0 Å². The van der Waals surface area contributed by atoms with Crippen LogP contribution in [0.3, 0.4) is 0 Å². The number of aliphatic hydroxyl groups is 1. The number of nitrogens with zero attached hydrogens (tertiary/aromatic N) is 1. The molecule has 6 heteroatoms. The van der Waals surface area contributed by atoms with Crippen LogP contribution in [0.5, 0.6) is 0 Å². The molecule has 6 nitrogen and oxygen atoms in total. The minimum Gasteiger partial charge on any atom is -0.396 e. The van der Waals surface area contributed by atoms with Gasteiger partial charge in [0, 0.05) is 24.8 Å². The van der Waals surface area contributed by atoms with Crippen LogP contribution in [0.25, 0.3) is 0 Å². The summed E-state index contributed by atoms with van der Waals surface area (Å²) in [6.45, 7) is 6.19. The average molecular weight is 255 g/mol. The summed E-state index contributed by atoms with van der Waals surface area (Å²) in [5.41, 5.74) is 1.90. The van der Waals surface area contributed by atoms with Gasteiger partial charge in [0.15, 0.2) is 0 Å². The third-order valence-electron chi connectivity index (χ3n) is 2.78. The van der Waals surface area contributed by atoms with Gasteiger partial charge in [0.25, 0.3) is 0 Å². The van der Waals surface area contributed by atoms with Gasteiger partial charge >= 0.3 is 6.03 Å². The lowest BCUT2D eigenvalue weighted by atomic mass is 10.1. The first kappa shape index (κ1) is 14.5. The first-order chi connectivity index (χ1) is 8.54. The van der Waals surface area contributed by atoms with Crippen molar-refractivity contribution in [1.82, 2.24) is 15.8 Å². The number of amides is 2. The fourth-order valence-electron chi connectivity index (χ4n) is 1.70. The summed E-state index contributed by atoms with van der Waals surface area (Å²) in [6, 6.07) is -0.253. The molecule has 0 saturated carbocycles. The SMILES string of the molecule is Cc1noc(C)c1CCNC(=O)N[C@H](C)CCO. The Morgan fingerprint density at radius 1 is 1.50 bits per heavy atom. The number of urea groups is 1. The molecule has 0 aliphatic rings. The zero-order chi connectivity index (χ0) is 13.5. The van der Waals surface area contributed by atoms with Crippen molar-refractivity contribution in [3.8, 4) is 0 Å². The third kappa shape index (κ3) is 4.37. The van der Waals surface area contributed by atoms with Crippen molar-refractivity contribution in [2.24, 2.45) is 0 Å². The Kier molecular flexibility index (Phi) is 5.64. The Hall–Kier alpha value is -1.56. The largest absolute Gasteiger partial charge is 0.396 e. The molecule has 102 valence electrons. The van der Waals surface area contributed by atoms with Crippen LogP contribution in [0.4, 0.5) is 4.79 Å². The molecular formula is C12H21N3O3. The number of carbonyl (C=O) groups excluding carboxylic acids is 1. The third-order valence-corrected chi connectivity index (χ3v) is 2.78. The molecule has 0 radical (unpaired) electrons. The molecule has 1 rings (SSSR count). The Morgan fingerprint density at radius 2 is 2.22 bits per heavy atom. The predicted octanol–water partition coefficient (Wildman–Crippen LogP) is 0.904. The van der Waals surface area contributed by atoms with Crippen molar-refractivity contribution in [2.45, 2.75) is 39.7 Å². The van der Waals surface area contributed by atoms with Crippen molar-refractivity contribution in [2.75, 3.05) is 13.2 Å². The number of hydrogen-bond acceptors (Lipinski definition) is 4. The van der Waals surface area contributed by atoms with E-state index in [4.69, 9.17) is 9.63 Å². The van der Waals surface area contributed by atoms with Crippen LogP contribution in [-0.2, 0) is 6.42 Å². The summed E-state index contributed by atoms with van der Waals surface area (Å²) in [5, 5.41) is 18.1. The van der Waals surface area contributed by atoms with Crippen molar-refractivity contribution >= 4 is 6.03 Å². The molecule has 1 aromatic heterocycles. The fourth-order valence-corrected chi connectivity index (χ4v) is 1.70. The van der Waals surface area contributed by atoms with E-state index in [2.05, 4.69) is 15.8 Å². The molecule has 1 heterocycles. The molecular weight excluding hydrogens is 234 g/mol. The van der Waals surface area contributed by atoms with E-state index in [0.29, 0.717) is 19.4 Å². The smallest absolute Gasteiger partial charge is 0.315 e. The van der Waals surface area contributed by atoms with Crippen LogP contribution in [0.1, 0.15) is 30.4 Å². The van der Waals surface area contributed by atoms with Crippen LogP contribution < -0.4 is 10.6 Å². The minimum absolute atomic E-state index is 0.0333. The Balaban J connectivity index is 2.27. The lowest BCUT2D eigenvalue weighted by Crippen LogP contribution is -2.41. The number of aromatic nitrogens is 1. The highest BCUT2D eigenvalue weighted by Crippen LogP contribution is 2.11. The lowest BCUT2D eigenvalue weighted by molar-refractivity contribution is 0.231. The summed E-state index contributed by atoms with van der Waals surface area (Å²) >= 11 is 0. The number of aliphatic hydroxyl groups excluding tert-OH is 1. The van der Waals surface area contributed by atoms with Gasteiger partial charge in [-0.05, 0) is 33.6 Å². The summed E-state index contributed by atoms with van der Waals surface area (Å²) in [7, 11) is 0. The van der Waals surface area contributed by atoms with Crippen LogP contribution in [-0.4, -0.2) is 35.5 Å². The second kappa shape index (κ2) is 7.00. The van der Waals surface area contributed by atoms with Crippen LogP contribution in [0.2, 0.25) is 0 Å². The van der Waals surface area contributed by atoms with E-state index in [-0.39, 0.29) is 18.7 Å². The number of carbonyl (C=O) groups is 1. The van der Waals surface area contributed by atoms with Gasteiger partial charge in [0.2, 0.25) is 0 Å². The van der Waals surface area contributed by atoms with Crippen LogP contribution in [0, 0.1) is 13.8 Å². The molecule has 0 spiro atoms. The highest BCUT2D eigenvalue weighted by atomic mass is 16.5. The van der Waals surface area contributed by atoms with Gasteiger partial charge in [-0.1, -0.05) is 5.16 Å². The number of nitrogens with one attached hydrogen (secondary N) is 2. The van der Waals surface area contributed by atoms with Gasteiger partial charge in [-0.3, -0.25) is 0 Å². The Morgan fingerprint density at radius 3 is 2.78 bits per heavy atom. The maximum atomic E-state index is 11.5. The van der Waals surface area contributed by atoms with E-state index in [1.807, 2.05) is 20.8 Å². The molecule has 1 aromatic rings. The molecule has 2 amide bonds. The highest BCUT2D eigenvalue weighted by Gasteiger charge is 2.10. The van der Waals surface area contributed by atoms with E-state index in [9.17, 15) is 4.79 Å². The lowest BCUT2D eigenvalue weighted by Gasteiger charge is -2.13. The molecule has 0 bridgehead atoms. The quantitative estimate of drug-likeness (QED) is 0.705. The Bertz CT molecular complexity index is 370. The zero-order valence-electron chi connectivity index (χ0n) is 11.1. The van der Waals surface area contributed by atoms with E-state index in [0.717, 1.165) is 17.0 Å². The summed E-state index contributed by atoms with van der Waals surface area (Å²) < 4.78 is 5.04. The molecule has 0 fully saturated rings. The maximum absolute atomic E-state index is 11.5. The topological polar surface area (TPSA) is 87.4 Å². The average Bonchev–Trinajstić information content (AvgIpc) is 2.60. The molecule has 3 N–H and O–H groups in total. The van der Waals surface area contributed by atoms with Crippen molar-refractivity contribution in [3.05, 3.63) is 17.0 Å². The molecule has 0 saturated heterocycles. The van der Waals surface area contributed by atoms with Crippen molar-refractivity contribution in [3.63, 3.8) is 0 Å². The fraction of sp³-hybridized carbons (Fsp3) is 0.667. The number of aryl methyl sites for hydroxylation is 2. The maximum Gasteiger partial charge on any atom is 0.315 e. The van der Waals surface area contributed by atoms with Gasteiger partial charge < -0.3 is 20.3 Å². The monoisotopic (exact) mass is 255 g/mol. The van der Waals surface area contributed by atoms with Crippen LogP contribution >= 0.6 is 0 Å². The summed E-state index contributed by atoms with van der Waals surface area (Å²) in [4.78, 5) is 11.5. The summed E-state index contributed by atoms with van der Waals surface area (Å²) in [5.74, 6) is 0.795. The van der Waals surface area contributed by atoms with Gasteiger partial charge in [-0.2, -0.15) is 0 Å². The normalized spacial score (nSPS) is 12.2. The van der Waals surface area contributed by atoms with Gasteiger partial charge in [0.05, 0.1) is 5.69 Å². The standard InChI is InChI=1S/C12H21N3O3/c1-8(5-7-16)14-12(17)13-6-4-11-9(2)15-18-10(11)3/h8,16H,4-7H2,1-3H3,(H2,13,14,17)/t8-/m1/s1. The van der Waals surface area contributed by atoms with Crippen molar-refractivity contribution < 1.29 is 14.4 Å². The molecule has 0 aromatic carbocycles. The number of hydrogen-bond donors (Lipinski definition) is 3. The minimum atomic E-state index is -0.220. The van der Waals surface area contributed by atoms with Crippen LogP contribution in [0.15, 0.2) is 4.52 Å². The Labute approximate surface area is 107 Å². The molecule has 0 aliphatic carbocycles. The van der Waals surface area contributed by atoms with E-state index >= 15 is 0 Å². The van der Waals surface area contributed by atoms with E-state index in [1.165, 1.54) is 0 Å². The van der Waals surface area contributed by atoms with E-state index in [1.54, 1.807) is 0 Å². The first-order valence-corrected chi connectivity index (χ1v) is 6.11. The molecule has 18 heavy (non-hydrogen) atoms. The predicted molar refractivity (Wildman–Crippen MR) is 67.4 cm³/mol. The number of rotatable bonds is 6. The molecule has 0 aliphatic heterocycles. The molecule has 1 atom stereocenters. The van der Waals surface area contributed by atoms with Gasteiger partial charge in [-0.15, -0.1) is 0 Å². The van der Waals surface area contributed by atoms with Crippen molar-refractivity contribution in [1.29, 1.82) is 0 Å². The molecule has 0 unspecified atom stereocenters. The second-order valence-corrected chi connectivity index (χ2v) is 4.37. The van der Waals surface area contributed by atoms with Gasteiger partial charge in [0.1, 0.15) is 5.76 Å². The highest BCUT2D eigenvalue weighted by molar-refractivity contribution is 5.74. The second-order valence-electron chi connectivity index (χ2n) is 4.37. The summed E-state index contributed by atoms with van der Waals surface area (Å²) in [6.07, 6.45) is 1.25. The van der Waals surface area contributed by atoms with Gasteiger partial charge in [-0.25, -0.2) is 4.79 Å².